The smallest absolute Gasteiger partial charge is 0.103 e. The van der Waals surface area contributed by atoms with Gasteiger partial charge in [-0.2, -0.15) is 0 Å². The predicted octanol–water partition coefficient (Wildman–Crippen LogP) is 2.65. The van der Waals surface area contributed by atoms with Gasteiger partial charge in [-0.3, -0.25) is 0 Å². The second-order valence-corrected chi connectivity index (χ2v) is 3.68. The zero-order valence-corrected chi connectivity index (χ0v) is 6.50. The van der Waals surface area contributed by atoms with E-state index >= 15 is 0 Å². The fourth-order valence-electron chi connectivity index (χ4n) is 0.182. The first-order valence-electron chi connectivity index (χ1n) is 2.09. The molecule has 3 heteroatoms. The van der Waals surface area contributed by atoms with Crippen molar-refractivity contribution in [2.75, 3.05) is 5.75 Å². The average molecular weight is 155 g/mol. The first kappa shape index (κ1) is 7.73. The van der Waals surface area contributed by atoms with E-state index in [4.69, 9.17) is 11.6 Å². The number of hydrogen-bond donors (Lipinski definition) is 0. The van der Waals surface area contributed by atoms with Crippen LogP contribution in [0.25, 0.3) is 0 Å². The Hall–Kier alpha value is 0.730. The van der Waals surface area contributed by atoms with E-state index < -0.39 is 0 Å². The molecule has 0 aromatic carbocycles. The molecule has 0 saturated carbocycles. The van der Waals surface area contributed by atoms with Crippen molar-refractivity contribution in [1.29, 1.82) is 0 Å². The van der Waals surface area contributed by atoms with Gasteiger partial charge in [-0.25, -0.2) is 0 Å². The van der Waals surface area contributed by atoms with E-state index in [0.29, 0.717) is 3.66 Å². The summed E-state index contributed by atoms with van der Waals surface area (Å²) >= 11 is 11.5. The summed E-state index contributed by atoms with van der Waals surface area (Å²) < 4.78 is 0.529. The van der Waals surface area contributed by atoms with E-state index in [1.54, 1.807) is 0 Å². The van der Waals surface area contributed by atoms with Crippen molar-refractivity contribution < 1.29 is 0 Å². The molecule has 0 rings (SSSR count). The van der Waals surface area contributed by atoms with Crippen molar-refractivity contribution in [1.82, 2.24) is 0 Å². The van der Waals surface area contributed by atoms with E-state index in [-0.39, 0.29) is 0 Å². The summed E-state index contributed by atoms with van der Waals surface area (Å²) in [4.78, 5) is 0. The Labute approximate surface area is 58.6 Å². The van der Waals surface area contributed by atoms with Crippen molar-refractivity contribution in [3.8, 4) is 0 Å². The molecule has 0 heterocycles. The summed E-state index contributed by atoms with van der Waals surface area (Å²) in [6.07, 6.45) is 1.14. The number of halogens is 1. The molecule has 0 saturated heterocycles. The van der Waals surface area contributed by atoms with Crippen LogP contribution >= 0.6 is 35.6 Å². The first-order valence-corrected chi connectivity index (χ1v) is 3.86. The summed E-state index contributed by atoms with van der Waals surface area (Å²) in [5, 5.41) is 0. The van der Waals surface area contributed by atoms with Crippen LogP contribution in [0.5, 0.6) is 0 Å². The number of thiocarbonyl (C=S) groups is 1. The van der Waals surface area contributed by atoms with Crippen LogP contribution in [0.3, 0.4) is 0 Å². The molecule has 42 valence electrons. The van der Waals surface area contributed by atoms with Gasteiger partial charge in [-0.05, 0) is 12.2 Å². The van der Waals surface area contributed by atoms with Gasteiger partial charge in [0.25, 0.3) is 0 Å². The molecule has 0 spiro atoms. The van der Waals surface area contributed by atoms with Crippen molar-refractivity contribution in [3.63, 3.8) is 0 Å². The molecule has 0 atom stereocenters. The molecule has 0 fully saturated rings. The van der Waals surface area contributed by atoms with Gasteiger partial charge in [-0.15, -0.1) is 11.8 Å². The van der Waals surface area contributed by atoms with Gasteiger partial charge >= 0.3 is 0 Å². The Morgan fingerprint density at radius 3 is 2.57 bits per heavy atom. The maximum atomic E-state index is 5.35. The second kappa shape index (κ2) is 4.88. The third kappa shape index (κ3) is 6.73. The fraction of sp³-hybridized carbons (Fsp3) is 0.750. The van der Waals surface area contributed by atoms with Gasteiger partial charge in [0, 0.05) is 0 Å². The van der Waals surface area contributed by atoms with E-state index in [2.05, 4.69) is 19.1 Å². The molecule has 0 N–H and O–H groups in total. The molecule has 0 aliphatic heterocycles. The summed E-state index contributed by atoms with van der Waals surface area (Å²) in [6.45, 7) is 2.10. The Balaban J connectivity index is 2.82. The third-order valence-electron chi connectivity index (χ3n) is 0.420. The summed E-state index contributed by atoms with van der Waals surface area (Å²) in [5.74, 6) is 1.04. The lowest BCUT2D eigenvalue weighted by Crippen LogP contribution is -1.75. The number of rotatable bonds is 2. The van der Waals surface area contributed by atoms with Gasteiger partial charge < -0.3 is 0 Å². The minimum Gasteiger partial charge on any atom is -0.103 e. The van der Waals surface area contributed by atoms with Crippen molar-refractivity contribution in [3.05, 3.63) is 0 Å². The maximum Gasteiger partial charge on any atom is 0.137 e. The molecule has 0 amide bonds. The van der Waals surface area contributed by atoms with E-state index in [1.165, 1.54) is 11.8 Å². The number of hydrogen-bond acceptors (Lipinski definition) is 2. The zero-order valence-electron chi connectivity index (χ0n) is 4.11. The highest BCUT2D eigenvalue weighted by molar-refractivity contribution is 8.26. The summed E-state index contributed by atoms with van der Waals surface area (Å²) in [5.41, 5.74) is 0. The van der Waals surface area contributed by atoms with Crippen LogP contribution in [0.1, 0.15) is 13.3 Å². The molecular formula is C4H7ClS2. The van der Waals surface area contributed by atoms with Crippen LogP contribution in [0.2, 0.25) is 0 Å². The summed E-state index contributed by atoms with van der Waals surface area (Å²) in [6, 6.07) is 0. The fourth-order valence-corrected chi connectivity index (χ4v) is 1.03. The van der Waals surface area contributed by atoms with Crippen molar-refractivity contribution >= 4 is 39.2 Å². The van der Waals surface area contributed by atoms with Crippen LogP contribution in [0.4, 0.5) is 0 Å². The van der Waals surface area contributed by atoms with E-state index in [1.807, 2.05) is 0 Å². The van der Waals surface area contributed by atoms with Crippen LogP contribution in [0, 0.1) is 0 Å². The minimum atomic E-state index is 0.529. The zero-order chi connectivity index (χ0) is 5.70. The topological polar surface area (TPSA) is 0 Å². The SMILES string of the molecule is CCCSC(=S)Cl. The average Bonchev–Trinajstić information content (AvgIpc) is 1.61. The second-order valence-electron chi connectivity index (χ2n) is 1.09. The normalized spacial score (nSPS) is 8.86. The molecule has 0 aliphatic rings. The van der Waals surface area contributed by atoms with Gasteiger partial charge in [0.1, 0.15) is 3.66 Å². The minimum absolute atomic E-state index is 0.529. The molecule has 0 aromatic heterocycles. The molecule has 7 heavy (non-hydrogen) atoms. The Morgan fingerprint density at radius 2 is 2.43 bits per heavy atom. The largest absolute Gasteiger partial charge is 0.137 e. The predicted molar refractivity (Wildman–Crippen MR) is 41.2 cm³/mol. The Bertz CT molecular complexity index is 62.7. The monoisotopic (exact) mass is 154 g/mol. The third-order valence-corrected chi connectivity index (χ3v) is 1.94. The molecule has 0 bridgehead atoms. The van der Waals surface area contributed by atoms with Crippen LogP contribution in [-0.2, 0) is 0 Å². The van der Waals surface area contributed by atoms with E-state index in [0.717, 1.165) is 12.2 Å². The maximum absolute atomic E-state index is 5.35. The number of thioether (sulfide) groups is 1. The van der Waals surface area contributed by atoms with Gasteiger partial charge in [0.05, 0.1) is 0 Å². The molecule has 0 radical (unpaired) electrons. The molecule has 0 unspecified atom stereocenters. The highest BCUT2D eigenvalue weighted by atomic mass is 35.5. The van der Waals surface area contributed by atoms with Crippen LogP contribution in [-0.4, -0.2) is 9.41 Å². The first-order chi connectivity index (χ1) is 3.27. The highest BCUT2D eigenvalue weighted by Crippen LogP contribution is 2.07. The van der Waals surface area contributed by atoms with Crippen molar-refractivity contribution in [2.45, 2.75) is 13.3 Å². The van der Waals surface area contributed by atoms with Gasteiger partial charge in [0.15, 0.2) is 0 Å². The Kier molecular flexibility index (Phi) is 5.39. The van der Waals surface area contributed by atoms with Crippen molar-refractivity contribution in [2.24, 2.45) is 0 Å². The highest BCUT2D eigenvalue weighted by Gasteiger charge is 1.86. The van der Waals surface area contributed by atoms with Crippen LogP contribution in [0.15, 0.2) is 0 Å². The molecular weight excluding hydrogens is 148 g/mol. The van der Waals surface area contributed by atoms with Gasteiger partial charge in [0.2, 0.25) is 0 Å². The molecule has 0 aromatic rings. The quantitative estimate of drug-likeness (QED) is 0.443. The lowest BCUT2D eigenvalue weighted by atomic mass is 10.6. The lowest BCUT2D eigenvalue weighted by Gasteiger charge is -1.87. The molecule has 0 aliphatic carbocycles. The van der Waals surface area contributed by atoms with Crippen LogP contribution < -0.4 is 0 Å². The lowest BCUT2D eigenvalue weighted by molar-refractivity contribution is 1.11. The standard InChI is InChI=1S/C4H7ClS2/c1-2-3-7-4(5)6/h2-3H2,1H3. The molecule has 0 nitrogen and oxygen atoms in total. The van der Waals surface area contributed by atoms with Gasteiger partial charge in [-0.1, -0.05) is 30.7 Å². The Morgan fingerprint density at radius 1 is 1.86 bits per heavy atom. The summed E-state index contributed by atoms with van der Waals surface area (Å²) in [7, 11) is 0. The van der Waals surface area contributed by atoms with E-state index in [9.17, 15) is 0 Å².